The monoisotopic (exact) mass is 235 g/mol. The standard InChI is InChI=1S/C15H25NO/c17-15-7-3-6-14(10-15)16-9-8-12-4-1-2-5-13(12)11-16/h12-14H,1-11H2. The lowest BCUT2D eigenvalue weighted by Crippen LogP contribution is -2.48. The van der Waals surface area contributed by atoms with E-state index in [1.165, 1.54) is 51.6 Å². The Morgan fingerprint density at radius 3 is 2.59 bits per heavy atom. The van der Waals surface area contributed by atoms with Crippen LogP contribution in [0.1, 0.15) is 57.8 Å². The number of piperidine rings is 1. The molecule has 2 heteroatoms. The van der Waals surface area contributed by atoms with Crippen molar-refractivity contribution in [1.82, 2.24) is 4.90 Å². The number of hydrogen-bond acceptors (Lipinski definition) is 2. The van der Waals surface area contributed by atoms with Crippen molar-refractivity contribution in [2.75, 3.05) is 13.1 Å². The summed E-state index contributed by atoms with van der Waals surface area (Å²) in [5.41, 5.74) is 0. The summed E-state index contributed by atoms with van der Waals surface area (Å²) in [6, 6.07) is 0.596. The lowest BCUT2D eigenvalue weighted by atomic mass is 9.74. The molecule has 0 aromatic heterocycles. The summed E-state index contributed by atoms with van der Waals surface area (Å²) in [4.78, 5) is 14.2. The molecule has 2 aliphatic carbocycles. The van der Waals surface area contributed by atoms with Gasteiger partial charge in [-0.05, 0) is 44.1 Å². The van der Waals surface area contributed by atoms with Crippen LogP contribution in [0.2, 0.25) is 0 Å². The minimum Gasteiger partial charge on any atom is -0.300 e. The summed E-state index contributed by atoms with van der Waals surface area (Å²) in [5.74, 6) is 2.47. The minimum atomic E-state index is 0.506. The van der Waals surface area contributed by atoms with Crippen molar-refractivity contribution in [1.29, 1.82) is 0 Å². The van der Waals surface area contributed by atoms with E-state index in [4.69, 9.17) is 0 Å². The van der Waals surface area contributed by atoms with Gasteiger partial charge in [-0.3, -0.25) is 9.69 Å². The first-order chi connectivity index (χ1) is 8.33. The summed E-state index contributed by atoms with van der Waals surface area (Å²) in [6.07, 6.45) is 11.3. The van der Waals surface area contributed by atoms with Crippen LogP contribution in [0.25, 0.3) is 0 Å². The van der Waals surface area contributed by atoms with Crippen LogP contribution in [-0.4, -0.2) is 29.8 Å². The van der Waals surface area contributed by atoms with Crippen molar-refractivity contribution in [3.63, 3.8) is 0 Å². The maximum atomic E-state index is 11.6. The van der Waals surface area contributed by atoms with E-state index in [0.29, 0.717) is 11.8 Å². The van der Waals surface area contributed by atoms with E-state index >= 15 is 0 Å². The molecule has 3 rings (SSSR count). The molecule has 3 atom stereocenters. The van der Waals surface area contributed by atoms with E-state index in [1.54, 1.807) is 0 Å². The lowest BCUT2D eigenvalue weighted by Gasteiger charge is -2.45. The molecule has 0 spiro atoms. The number of carbonyl (C=O) groups is 1. The molecule has 0 radical (unpaired) electrons. The molecule has 3 unspecified atom stereocenters. The Bertz CT molecular complexity index is 289. The van der Waals surface area contributed by atoms with Crippen molar-refractivity contribution in [3.8, 4) is 0 Å². The van der Waals surface area contributed by atoms with Crippen LogP contribution in [0.15, 0.2) is 0 Å². The number of carbonyl (C=O) groups excluding carboxylic acids is 1. The van der Waals surface area contributed by atoms with Crippen molar-refractivity contribution in [2.24, 2.45) is 11.8 Å². The van der Waals surface area contributed by atoms with Crippen LogP contribution in [0.3, 0.4) is 0 Å². The van der Waals surface area contributed by atoms with Gasteiger partial charge < -0.3 is 0 Å². The SMILES string of the molecule is O=C1CCCC(N2CCC3CCCCC3C2)C1. The first-order valence-corrected chi connectivity index (χ1v) is 7.58. The average Bonchev–Trinajstić information content (AvgIpc) is 2.38. The van der Waals surface area contributed by atoms with Gasteiger partial charge in [0, 0.05) is 25.4 Å². The maximum absolute atomic E-state index is 11.6. The predicted octanol–water partition coefficient (Wildman–Crippen LogP) is 3.01. The molecule has 1 aliphatic heterocycles. The van der Waals surface area contributed by atoms with Gasteiger partial charge in [-0.2, -0.15) is 0 Å². The van der Waals surface area contributed by atoms with E-state index in [-0.39, 0.29) is 0 Å². The Hall–Kier alpha value is -0.370. The van der Waals surface area contributed by atoms with Crippen LogP contribution >= 0.6 is 0 Å². The zero-order valence-electron chi connectivity index (χ0n) is 10.9. The van der Waals surface area contributed by atoms with Gasteiger partial charge in [-0.15, -0.1) is 0 Å². The molecule has 2 nitrogen and oxygen atoms in total. The van der Waals surface area contributed by atoms with E-state index in [9.17, 15) is 4.79 Å². The molecule has 0 aromatic carbocycles. The van der Waals surface area contributed by atoms with E-state index in [1.807, 2.05) is 0 Å². The van der Waals surface area contributed by atoms with Crippen molar-refractivity contribution in [2.45, 2.75) is 63.8 Å². The summed E-state index contributed by atoms with van der Waals surface area (Å²) in [5, 5.41) is 0. The van der Waals surface area contributed by atoms with Gasteiger partial charge in [0.25, 0.3) is 0 Å². The fourth-order valence-corrected chi connectivity index (χ4v) is 4.27. The number of ketones is 1. The van der Waals surface area contributed by atoms with Crippen molar-refractivity contribution >= 4 is 5.78 Å². The van der Waals surface area contributed by atoms with Crippen LogP contribution in [-0.2, 0) is 4.79 Å². The highest BCUT2D eigenvalue weighted by Gasteiger charge is 2.34. The number of likely N-dealkylation sites (tertiary alicyclic amines) is 1. The van der Waals surface area contributed by atoms with Gasteiger partial charge in [0.2, 0.25) is 0 Å². The first kappa shape index (κ1) is 11.7. The molecule has 0 bridgehead atoms. The highest BCUT2D eigenvalue weighted by Crippen LogP contribution is 2.37. The molecule has 1 saturated heterocycles. The molecular formula is C15H25NO. The molecule has 0 amide bonds. The van der Waals surface area contributed by atoms with E-state index in [2.05, 4.69) is 4.90 Å². The normalized spacial score (nSPS) is 40.0. The third-order valence-corrected chi connectivity index (χ3v) is 5.30. The smallest absolute Gasteiger partial charge is 0.134 e. The first-order valence-electron chi connectivity index (χ1n) is 7.58. The van der Waals surface area contributed by atoms with Crippen LogP contribution in [0, 0.1) is 11.8 Å². The topological polar surface area (TPSA) is 20.3 Å². The molecule has 2 saturated carbocycles. The number of Topliss-reactive ketones (excluding diaryl/α,β-unsaturated/α-hetero) is 1. The number of fused-ring (bicyclic) bond motifs is 1. The Labute approximate surface area is 105 Å². The Morgan fingerprint density at radius 2 is 1.76 bits per heavy atom. The fraction of sp³-hybridized carbons (Fsp3) is 0.933. The van der Waals surface area contributed by atoms with Gasteiger partial charge in [0.05, 0.1) is 0 Å². The second-order valence-electron chi connectivity index (χ2n) is 6.38. The second-order valence-corrected chi connectivity index (χ2v) is 6.38. The molecule has 1 heterocycles. The molecule has 17 heavy (non-hydrogen) atoms. The molecular weight excluding hydrogens is 210 g/mol. The molecule has 0 aromatic rings. The quantitative estimate of drug-likeness (QED) is 0.696. The predicted molar refractivity (Wildman–Crippen MR) is 68.9 cm³/mol. The third-order valence-electron chi connectivity index (χ3n) is 5.30. The van der Waals surface area contributed by atoms with Crippen LogP contribution < -0.4 is 0 Å². The number of rotatable bonds is 1. The second kappa shape index (κ2) is 5.09. The van der Waals surface area contributed by atoms with Crippen LogP contribution in [0.5, 0.6) is 0 Å². The highest BCUT2D eigenvalue weighted by molar-refractivity contribution is 5.79. The largest absolute Gasteiger partial charge is 0.300 e. The van der Waals surface area contributed by atoms with Crippen LogP contribution in [0.4, 0.5) is 0 Å². The maximum Gasteiger partial charge on any atom is 0.134 e. The van der Waals surface area contributed by atoms with Gasteiger partial charge in [0.15, 0.2) is 0 Å². The number of nitrogens with zero attached hydrogens (tertiary/aromatic N) is 1. The minimum absolute atomic E-state index is 0.506. The van der Waals surface area contributed by atoms with Gasteiger partial charge in [-0.1, -0.05) is 19.3 Å². The van der Waals surface area contributed by atoms with Gasteiger partial charge in [0.1, 0.15) is 5.78 Å². The van der Waals surface area contributed by atoms with Crippen molar-refractivity contribution < 1.29 is 4.79 Å². The lowest BCUT2D eigenvalue weighted by molar-refractivity contribution is -0.122. The summed E-state index contributed by atoms with van der Waals surface area (Å²) in [6.45, 7) is 2.56. The zero-order valence-corrected chi connectivity index (χ0v) is 10.9. The fourth-order valence-electron chi connectivity index (χ4n) is 4.27. The Morgan fingerprint density at radius 1 is 0.941 bits per heavy atom. The Balaban J connectivity index is 1.59. The van der Waals surface area contributed by atoms with Gasteiger partial charge in [-0.25, -0.2) is 0 Å². The zero-order chi connectivity index (χ0) is 11.7. The number of hydrogen-bond donors (Lipinski definition) is 0. The highest BCUT2D eigenvalue weighted by atomic mass is 16.1. The Kier molecular flexibility index (Phi) is 3.51. The van der Waals surface area contributed by atoms with Gasteiger partial charge >= 0.3 is 0 Å². The molecule has 96 valence electrons. The summed E-state index contributed by atoms with van der Waals surface area (Å²) < 4.78 is 0. The average molecular weight is 235 g/mol. The van der Waals surface area contributed by atoms with E-state index < -0.39 is 0 Å². The van der Waals surface area contributed by atoms with E-state index in [0.717, 1.165) is 31.1 Å². The van der Waals surface area contributed by atoms with Crippen molar-refractivity contribution in [3.05, 3.63) is 0 Å². The third kappa shape index (κ3) is 2.57. The molecule has 0 N–H and O–H groups in total. The summed E-state index contributed by atoms with van der Waals surface area (Å²) in [7, 11) is 0. The molecule has 3 aliphatic rings. The molecule has 3 fully saturated rings. The summed E-state index contributed by atoms with van der Waals surface area (Å²) >= 11 is 0.